The van der Waals surface area contributed by atoms with Gasteiger partial charge in [-0.05, 0) is 52.8 Å². The molecule has 0 heterocycles. The predicted molar refractivity (Wildman–Crippen MR) is 57.9 cm³/mol. The second kappa shape index (κ2) is 4.20. The lowest BCUT2D eigenvalue weighted by molar-refractivity contribution is 0.267. The van der Waals surface area contributed by atoms with Crippen molar-refractivity contribution in [2.75, 3.05) is 6.61 Å². The van der Waals surface area contributed by atoms with Gasteiger partial charge in [-0.25, -0.2) is 0 Å². The van der Waals surface area contributed by atoms with Crippen LogP contribution in [0.3, 0.4) is 0 Å². The number of hydrogen-bond donors (Lipinski definition) is 2. The number of benzene rings is 1. The van der Waals surface area contributed by atoms with Crippen LogP contribution >= 0.6 is 22.6 Å². The van der Waals surface area contributed by atoms with Crippen molar-refractivity contribution in [2.24, 2.45) is 5.73 Å². The Hall–Kier alpha value is -0.130. The number of aryl methyl sites for hydroxylation is 1. The predicted octanol–water partition coefficient (Wildman–Crippen LogP) is 1.59. The second-order valence-corrected chi connectivity index (χ2v) is 4.04. The summed E-state index contributed by atoms with van der Waals surface area (Å²) in [5.74, 6) is 0. The summed E-state index contributed by atoms with van der Waals surface area (Å²) in [6.07, 6.45) is 0. The highest BCUT2D eigenvalue weighted by Gasteiger charge is 2.06. The molecule has 0 spiro atoms. The lowest BCUT2D eigenvalue weighted by Crippen LogP contribution is -2.15. The lowest BCUT2D eigenvalue weighted by Gasteiger charge is -2.11. The summed E-state index contributed by atoms with van der Waals surface area (Å²) in [7, 11) is 0. The fourth-order valence-corrected chi connectivity index (χ4v) is 1.80. The van der Waals surface area contributed by atoms with Crippen LogP contribution < -0.4 is 5.73 Å². The fraction of sp³-hybridized carbons (Fsp3) is 0.333. The molecule has 12 heavy (non-hydrogen) atoms. The normalized spacial score (nSPS) is 13.0. The van der Waals surface area contributed by atoms with Crippen molar-refractivity contribution in [3.63, 3.8) is 0 Å². The van der Waals surface area contributed by atoms with Crippen molar-refractivity contribution in [2.45, 2.75) is 13.0 Å². The minimum Gasteiger partial charge on any atom is -0.394 e. The Kier molecular flexibility index (Phi) is 3.49. The molecule has 0 aliphatic heterocycles. The first kappa shape index (κ1) is 9.95. The average molecular weight is 277 g/mol. The molecule has 0 fully saturated rings. The topological polar surface area (TPSA) is 46.2 Å². The van der Waals surface area contributed by atoms with E-state index in [1.54, 1.807) is 0 Å². The van der Waals surface area contributed by atoms with Crippen LogP contribution in [0.4, 0.5) is 0 Å². The van der Waals surface area contributed by atoms with Gasteiger partial charge in [0.15, 0.2) is 0 Å². The van der Waals surface area contributed by atoms with Crippen LogP contribution in [0.25, 0.3) is 0 Å². The Morgan fingerprint density at radius 3 is 2.75 bits per heavy atom. The summed E-state index contributed by atoms with van der Waals surface area (Å²) in [6.45, 7) is 2.01. The molecular formula is C9H12INO. The zero-order valence-electron chi connectivity index (χ0n) is 6.92. The molecule has 2 nitrogen and oxygen atoms in total. The number of aliphatic hydroxyl groups is 1. The maximum Gasteiger partial charge on any atom is 0.0624 e. The zero-order chi connectivity index (χ0) is 9.14. The molecule has 0 radical (unpaired) electrons. The summed E-state index contributed by atoms with van der Waals surface area (Å²) in [5.41, 5.74) is 7.86. The van der Waals surface area contributed by atoms with Gasteiger partial charge in [0.25, 0.3) is 0 Å². The zero-order valence-corrected chi connectivity index (χ0v) is 9.08. The number of halogens is 1. The van der Waals surface area contributed by atoms with Gasteiger partial charge in [0.1, 0.15) is 0 Å². The molecule has 0 aliphatic rings. The first-order chi connectivity index (χ1) is 5.65. The van der Waals surface area contributed by atoms with Crippen molar-refractivity contribution >= 4 is 22.6 Å². The van der Waals surface area contributed by atoms with Gasteiger partial charge in [-0.15, -0.1) is 0 Å². The van der Waals surface area contributed by atoms with E-state index in [0.29, 0.717) is 0 Å². The van der Waals surface area contributed by atoms with E-state index < -0.39 is 0 Å². The van der Waals surface area contributed by atoms with E-state index in [0.717, 1.165) is 11.1 Å². The van der Waals surface area contributed by atoms with Crippen molar-refractivity contribution in [1.82, 2.24) is 0 Å². The van der Waals surface area contributed by atoms with Crippen LogP contribution in [-0.2, 0) is 0 Å². The van der Waals surface area contributed by atoms with E-state index in [1.807, 2.05) is 19.1 Å². The number of rotatable bonds is 2. The van der Waals surface area contributed by atoms with Crippen LogP contribution in [-0.4, -0.2) is 11.7 Å². The van der Waals surface area contributed by atoms with E-state index in [-0.39, 0.29) is 12.6 Å². The van der Waals surface area contributed by atoms with Gasteiger partial charge in [0.05, 0.1) is 12.6 Å². The van der Waals surface area contributed by atoms with E-state index in [9.17, 15) is 0 Å². The van der Waals surface area contributed by atoms with Gasteiger partial charge in [0, 0.05) is 3.57 Å². The molecule has 0 saturated heterocycles. The molecule has 1 atom stereocenters. The minimum atomic E-state index is -0.248. The van der Waals surface area contributed by atoms with Crippen LogP contribution in [0, 0.1) is 10.5 Å². The van der Waals surface area contributed by atoms with Gasteiger partial charge in [-0.2, -0.15) is 0 Å². The van der Waals surface area contributed by atoms with Gasteiger partial charge in [-0.1, -0.05) is 6.07 Å². The SMILES string of the molecule is Cc1cc(I)ccc1[C@@H](N)CO. The van der Waals surface area contributed by atoms with E-state index >= 15 is 0 Å². The molecule has 1 rings (SSSR count). The summed E-state index contributed by atoms with van der Waals surface area (Å²) < 4.78 is 1.19. The van der Waals surface area contributed by atoms with Crippen LogP contribution in [0.5, 0.6) is 0 Å². The summed E-state index contributed by atoms with van der Waals surface area (Å²) in [5, 5.41) is 8.86. The summed E-state index contributed by atoms with van der Waals surface area (Å²) in [6, 6.07) is 5.78. The Bertz CT molecular complexity index is 275. The Morgan fingerprint density at radius 1 is 1.58 bits per heavy atom. The number of hydrogen-bond acceptors (Lipinski definition) is 2. The molecule has 0 aromatic heterocycles. The summed E-state index contributed by atoms with van der Waals surface area (Å²) >= 11 is 2.25. The average Bonchev–Trinajstić information content (AvgIpc) is 2.03. The van der Waals surface area contributed by atoms with Crippen molar-refractivity contribution in [3.05, 3.63) is 32.9 Å². The van der Waals surface area contributed by atoms with Gasteiger partial charge < -0.3 is 10.8 Å². The van der Waals surface area contributed by atoms with Gasteiger partial charge in [0.2, 0.25) is 0 Å². The lowest BCUT2D eigenvalue weighted by atomic mass is 10.0. The Labute approximate surface area is 85.9 Å². The first-order valence-corrected chi connectivity index (χ1v) is 4.85. The van der Waals surface area contributed by atoms with Gasteiger partial charge in [-0.3, -0.25) is 0 Å². The molecule has 3 N–H and O–H groups in total. The molecule has 0 aliphatic carbocycles. The molecule has 1 aromatic carbocycles. The fourth-order valence-electron chi connectivity index (χ4n) is 1.15. The van der Waals surface area contributed by atoms with Crippen molar-refractivity contribution in [1.29, 1.82) is 0 Å². The van der Waals surface area contributed by atoms with Crippen molar-refractivity contribution in [3.8, 4) is 0 Å². The van der Waals surface area contributed by atoms with Crippen molar-refractivity contribution < 1.29 is 5.11 Å². The minimum absolute atomic E-state index is 0.00142. The third kappa shape index (κ3) is 2.18. The molecule has 0 saturated carbocycles. The highest BCUT2D eigenvalue weighted by molar-refractivity contribution is 14.1. The Morgan fingerprint density at radius 2 is 2.25 bits per heavy atom. The van der Waals surface area contributed by atoms with E-state index in [4.69, 9.17) is 10.8 Å². The molecular weight excluding hydrogens is 265 g/mol. The highest BCUT2D eigenvalue weighted by atomic mass is 127. The first-order valence-electron chi connectivity index (χ1n) is 3.77. The van der Waals surface area contributed by atoms with E-state index in [1.165, 1.54) is 3.57 Å². The van der Waals surface area contributed by atoms with Gasteiger partial charge >= 0.3 is 0 Å². The molecule has 0 unspecified atom stereocenters. The second-order valence-electron chi connectivity index (χ2n) is 2.79. The monoisotopic (exact) mass is 277 g/mol. The Balaban J connectivity index is 3.01. The highest BCUT2D eigenvalue weighted by Crippen LogP contribution is 2.17. The molecule has 0 bridgehead atoms. The number of nitrogens with two attached hydrogens (primary N) is 1. The smallest absolute Gasteiger partial charge is 0.0624 e. The molecule has 0 amide bonds. The van der Waals surface area contributed by atoms with Crippen LogP contribution in [0.1, 0.15) is 17.2 Å². The van der Waals surface area contributed by atoms with Crippen LogP contribution in [0.2, 0.25) is 0 Å². The summed E-state index contributed by atoms with van der Waals surface area (Å²) in [4.78, 5) is 0. The maximum atomic E-state index is 8.86. The standard InChI is InChI=1S/C9H12INO/c1-6-4-7(10)2-3-8(6)9(11)5-12/h2-4,9,12H,5,11H2,1H3/t9-/m0/s1. The number of aliphatic hydroxyl groups excluding tert-OH is 1. The largest absolute Gasteiger partial charge is 0.394 e. The third-order valence-corrected chi connectivity index (χ3v) is 2.50. The third-order valence-electron chi connectivity index (χ3n) is 1.83. The maximum absolute atomic E-state index is 8.86. The molecule has 3 heteroatoms. The van der Waals surface area contributed by atoms with E-state index in [2.05, 4.69) is 28.7 Å². The van der Waals surface area contributed by atoms with Crippen LogP contribution in [0.15, 0.2) is 18.2 Å². The quantitative estimate of drug-likeness (QED) is 0.806. The molecule has 1 aromatic rings. The molecule has 66 valence electrons.